The third-order valence-corrected chi connectivity index (χ3v) is 6.13. The first kappa shape index (κ1) is 16.8. The van der Waals surface area contributed by atoms with Gasteiger partial charge in [-0.15, -0.1) is 11.3 Å². The van der Waals surface area contributed by atoms with Crippen molar-refractivity contribution in [3.8, 4) is 0 Å². The predicted molar refractivity (Wildman–Crippen MR) is 98.9 cm³/mol. The molecule has 4 heterocycles. The number of carbonyl (C=O) groups is 1. The van der Waals surface area contributed by atoms with Gasteiger partial charge in [-0.2, -0.15) is 0 Å². The van der Waals surface area contributed by atoms with Crippen molar-refractivity contribution in [3.05, 3.63) is 45.9 Å². The highest BCUT2D eigenvalue weighted by molar-refractivity contribution is 7.11. The number of ether oxygens (including phenoxy) is 1. The van der Waals surface area contributed by atoms with Gasteiger partial charge in [-0.1, -0.05) is 0 Å². The molecule has 2 atom stereocenters. The van der Waals surface area contributed by atoms with Crippen molar-refractivity contribution in [2.75, 3.05) is 32.8 Å². The summed E-state index contributed by atoms with van der Waals surface area (Å²) in [6.45, 7) is 7.15. The van der Waals surface area contributed by atoms with Crippen LogP contribution in [0.2, 0.25) is 0 Å². The van der Waals surface area contributed by atoms with Gasteiger partial charge in [0.05, 0.1) is 19.3 Å². The molecular weight excluding hydrogens is 334 g/mol. The molecule has 0 aliphatic carbocycles. The van der Waals surface area contributed by atoms with E-state index in [-0.39, 0.29) is 11.9 Å². The fraction of sp³-hybridized carbons (Fsp3) is 0.526. The zero-order chi connectivity index (χ0) is 17.4. The topological polar surface area (TPSA) is 37.7 Å². The van der Waals surface area contributed by atoms with E-state index in [1.807, 2.05) is 46.2 Å². The van der Waals surface area contributed by atoms with Crippen LogP contribution in [0.5, 0.6) is 0 Å². The maximum Gasteiger partial charge on any atom is 0.270 e. The number of hydrogen-bond acceptors (Lipinski definition) is 4. The van der Waals surface area contributed by atoms with Crippen LogP contribution in [0, 0.1) is 12.8 Å². The zero-order valence-corrected chi connectivity index (χ0v) is 15.7. The van der Waals surface area contributed by atoms with E-state index in [4.69, 9.17) is 4.74 Å². The summed E-state index contributed by atoms with van der Waals surface area (Å²) in [5.41, 5.74) is 0.757. The molecule has 2 saturated heterocycles. The van der Waals surface area contributed by atoms with Gasteiger partial charge in [0.1, 0.15) is 5.69 Å². The third-order valence-electron chi connectivity index (χ3n) is 5.14. The van der Waals surface area contributed by atoms with E-state index >= 15 is 0 Å². The molecule has 0 spiro atoms. The Kier molecular flexibility index (Phi) is 4.67. The molecule has 6 heteroatoms. The SMILES string of the molecule is Cc1ccc(CN2C[C@@H]3COC[C@H](C2)N(C(=O)c2cccn2C)C3)s1. The van der Waals surface area contributed by atoms with Crippen LogP contribution in [0.1, 0.15) is 20.2 Å². The van der Waals surface area contributed by atoms with E-state index in [1.54, 1.807) is 0 Å². The molecule has 25 heavy (non-hydrogen) atoms. The molecule has 2 bridgehead atoms. The Balaban J connectivity index is 1.54. The van der Waals surface area contributed by atoms with Crippen LogP contribution in [-0.4, -0.2) is 59.2 Å². The number of amides is 1. The number of aromatic nitrogens is 1. The molecule has 0 radical (unpaired) electrons. The largest absolute Gasteiger partial charge is 0.379 e. The van der Waals surface area contributed by atoms with Crippen molar-refractivity contribution in [3.63, 3.8) is 0 Å². The average Bonchev–Trinajstić information content (AvgIpc) is 3.05. The van der Waals surface area contributed by atoms with Gasteiger partial charge >= 0.3 is 0 Å². The third kappa shape index (κ3) is 3.52. The normalized spacial score (nSPS) is 24.3. The Morgan fingerprint density at radius 1 is 1.24 bits per heavy atom. The minimum atomic E-state index is 0.121. The standard InChI is InChI=1S/C19H25N3O2S/c1-14-5-6-17(25-14)11-21-8-15-9-22(16(10-21)13-24-12-15)19(23)18-4-3-7-20(18)2/h3-7,15-16H,8-13H2,1-2H3/t15-,16-/m0/s1. The number of carbonyl (C=O) groups excluding carboxylic acids is 1. The van der Waals surface area contributed by atoms with Crippen LogP contribution >= 0.6 is 11.3 Å². The highest BCUT2D eigenvalue weighted by Gasteiger charge is 2.36. The summed E-state index contributed by atoms with van der Waals surface area (Å²) in [4.78, 5) is 20.4. The number of hydrogen-bond donors (Lipinski definition) is 0. The van der Waals surface area contributed by atoms with Crippen LogP contribution in [-0.2, 0) is 18.3 Å². The van der Waals surface area contributed by atoms with Crippen LogP contribution in [0.25, 0.3) is 0 Å². The van der Waals surface area contributed by atoms with E-state index in [1.165, 1.54) is 9.75 Å². The Morgan fingerprint density at radius 2 is 2.12 bits per heavy atom. The monoisotopic (exact) mass is 359 g/mol. The highest BCUT2D eigenvalue weighted by atomic mass is 32.1. The van der Waals surface area contributed by atoms with Crippen molar-refractivity contribution in [1.29, 1.82) is 0 Å². The van der Waals surface area contributed by atoms with E-state index in [0.29, 0.717) is 12.5 Å². The summed E-state index contributed by atoms with van der Waals surface area (Å²) >= 11 is 1.87. The number of fused-ring (bicyclic) bond motifs is 3. The van der Waals surface area contributed by atoms with E-state index in [0.717, 1.165) is 38.5 Å². The molecule has 0 aromatic carbocycles. The van der Waals surface area contributed by atoms with Crippen molar-refractivity contribution >= 4 is 17.2 Å². The van der Waals surface area contributed by atoms with Crippen LogP contribution < -0.4 is 0 Å². The molecule has 2 aliphatic rings. The lowest BCUT2D eigenvalue weighted by atomic mass is 10.1. The van der Waals surface area contributed by atoms with Crippen LogP contribution in [0.4, 0.5) is 0 Å². The fourth-order valence-electron chi connectivity index (χ4n) is 3.94. The van der Waals surface area contributed by atoms with Crippen molar-refractivity contribution in [2.45, 2.75) is 19.5 Å². The summed E-state index contributed by atoms with van der Waals surface area (Å²) in [6, 6.07) is 8.37. The predicted octanol–water partition coefficient (Wildman–Crippen LogP) is 2.37. The van der Waals surface area contributed by atoms with Gasteiger partial charge in [-0.25, -0.2) is 0 Å². The summed E-state index contributed by atoms with van der Waals surface area (Å²) in [5, 5.41) is 0. The lowest BCUT2D eigenvalue weighted by molar-refractivity contribution is 0.0422. The van der Waals surface area contributed by atoms with Crippen molar-refractivity contribution < 1.29 is 9.53 Å². The molecule has 2 aromatic rings. The molecule has 2 fully saturated rings. The van der Waals surface area contributed by atoms with Gasteiger partial charge in [0.2, 0.25) is 0 Å². The van der Waals surface area contributed by atoms with E-state index in [2.05, 4.69) is 24.0 Å². The first-order valence-electron chi connectivity index (χ1n) is 8.88. The maximum atomic E-state index is 13.1. The number of nitrogens with zero attached hydrogens (tertiary/aromatic N) is 3. The summed E-state index contributed by atoms with van der Waals surface area (Å²) in [5.74, 6) is 0.500. The van der Waals surface area contributed by atoms with Crippen molar-refractivity contribution in [2.24, 2.45) is 13.0 Å². The number of rotatable bonds is 3. The van der Waals surface area contributed by atoms with Gasteiger partial charge in [0.25, 0.3) is 5.91 Å². The molecule has 2 aliphatic heterocycles. The molecular formula is C19H25N3O2S. The minimum absolute atomic E-state index is 0.121. The molecule has 2 aromatic heterocycles. The smallest absolute Gasteiger partial charge is 0.270 e. The lowest BCUT2D eigenvalue weighted by Gasteiger charge is -2.31. The maximum absolute atomic E-state index is 13.1. The van der Waals surface area contributed by atoms with Gasteiger partial charge < -0.3 is 14.2 Å². The Labute approximate surface area is 152 Å². The second-order valence-corrected chi connectivity index (χ2v) is 8.60. The fourth-order valence-corrected chi connectivity index (χ4v) is 4.87. The van der Waals surface area contributed by atoms with Gasteiger partial charge in [-0.05, 0) is 31.2 Å². The second-order valence-electron chi connectivity index (χ2n) is 7.23. The number of thiophene rings is 1. The summed E-state index contributed by atoms with van der Waals surface area (Å²) < 4.78 is 7.77. The lowest BCUT2D eigenvalue weighted by Crippen LogP contribution is -2.46. The van der Waals surface area contributed by atoms with E-state index < -0.39 is 0 Å². The molecule has 0 saturated carbocycles. The van der Waals surface area contributed by atoms with Crippen LogP contribution in [0.15, 0.2) is 30.5 Å². The highest BCUT2D eigenvalue weighted by Crippen LogP contribution is 2.25. The van der Waals surface area contributed by atoms with E-state index in [9.17, 15) is 4.79 Å². The average molecular weight is 359 g/mol. The Hall–Kier alpha value is -1.63. The molecule has 0 N–H and O–H groups in total. The summed E-state index contributed by atoms with van der Waals surface area (Å²) in [6.07, 6.45) is 1.93. The minimum Gasteiger partial charge on any atom is -0.379 e. The molecule has 4 rings (SSSR count). The zero-order valence-electron chi connectivity index (χ0n) is 14.9. The Bertz CT molecular complexity index is 753. The molecule has 134 valence electrons. The second kappa shape index (κ2) is 6.94. The first-order chi connectivity index (χ1) is 12.1. The van der Waals surface area contributed by atoms with Crippen molar-refractivity contribution in [1.82, 2.24) is 14.4 Å². The first-order valence-corrected chi connectivity index (χ1v) is 9.69. The van der Waals surface area contributed by atoms with Gasteiger partial charge in [0.15, 0.2) is 0 Å². The van der Waals surface area contributed by atoms with Gasteiger partial charge in [-0.3, -0.25) is 9.69 Å². The number of aryl methyl sites for hydroxylation is 2. The quantitative estimate of drug-likeness (QED) is 0.844. The molecule has 0 unspecified atom stereocenters. The van der Waals surface area contributed by atoms with Gasteiger partial charge in [0, 0.05) is 55.1 Å². The van der Waals surface area contributed by atoms with Crippen LogP contribution in [0.3, 0.4) is 0 Å². The molecule has 1 amide bonds. The summed E-state index contributed by atoms with van der Waals surface area (Å²) in [7, 11) is 1.93. The molecule has 5 nitrogen and oxygen atoms in total. The Morgan fingerprint density at radius 3 is 2.84 bits per heavy atom.